The largest absolute Gasteiger partial charge is 0.488 e. The van der Waals surface area contributed by atoms with Crippen LogP contribution in [0.4, 0.5) is 0 Å². The minimum absolute atomic E-state index is 0.0808. The number of hydrogen-bond acceptors (Lipinski definition) is 6. The zero-order valence-corrected chi connectivity index (χ0v) is 25.4. The van der Waals surface area contributed by atoms with E-state index < -0.39 is 0 Å². The summed E-state index contributed by atoms with van der Waals surface area (Å²) in [6.07, 6.45) is 9.86. The van der Waals surface area contributed by atoms with Crippen molar-refractivity contribution in [3.63, 3.8) is 0 Å². The predicted molar refractivity (Wildman–Crippen MR) is 170 cm³/mol. The third-order valence-electron chi connectivity index (χ3n) is 10.1. The van der Waals surface area contributed by atoms with Crippen molar-refractivity contribution < 1.29 is 14.6 Å². The minimum Gasteiger partial charge on any atom is -0.488 e. The maximum absolute atomic E-state index is 10.4. The maximum atomic E-state index is 10.4. The van der Waals surface area contributed by atoms with Gasteiger partial charge in [0.05, 0.1) is 12.2 Å². The fourth-order valence-electron chi connectivity index (χ4n) is 7.53. The molecule has 0 bridgehead atoms. The lowest BCUT2D eigenvalue weighted by atomic mass is 9.96. The Balaban J connectivity index is 1.21. The summed E-state index contributed by atoms with van der Waals surface area (Å²) in [4.78, 5) is 6.74. The highest BCUT2D eigenvalue weighted by molar-refractivity contribution is 5.68. The molecular weight excluding hydrogens is 546 g/mol. The molecule has 0 spiro atoms. The van der Waals surface area contributed by atoms with Gasteiger partial charge in [-0.2, -0.15) is 5.26 Å². The summed E-state index contributed by atoms with van der Waals surface area (Å²) in [5, 5.41) is 19.8. The van der Waals surface area contributed by atoms with E-state index in [1.54, 1.807) is 12.4 Å². The number of aromatic nitrogens is 1. The summed E-state index contributed by atoms with van der Waals surface area (Å²) >= 11 is 0. The van der Waals surface area contributed by atoms with Crippen LogP contribution in [0.1, 0.15) is 64.6 Å². The highest BCUT2D eigenvalue weighted by atomic mass is 16.5. The summed E-state index contributed by atoms with van der Waals surface area (Å²) in [7, 11) is 0. The molecule has 224 valence electrons. The third-order valence-corrected chi connectivity index (χ3v) is 10.1. The van der Waals surface area contributed by atoms with Crippen molar-refractivity contribution >= 4 is 0 Å². The average molecular weight is 586 g/mol. The van der Waals surface area contributed by atoms with Crippen LogP contribution >= 0.6 is 0 Å². The monoisotopic (exact) mass is 585 g/mol. The van der Waals surface area contributed by atoms with Gasteiger partial charge < -0.3 is 14.6 Å². The number of pyridine rings is 1. The Hall–Kier alpha value is -4.18. The predicted octanol–water partition coefficient (Wildman–Crippen LogP) is 6.92. The van der Waals surface area contributed by atoms with Gasteiger partial charge in [0.25, 0.3) is 0 Å². The Kier molecular flexibility index (Phi) is 7.84. The van der Waals surface area contributed by atoms with E-state index in [9.17, 15) is 10.4 Å². The molecule has 0 amide bonds. The number of nitriles is 1. The normalized spacial score (nSPS) is 20.4. The first-order valence-corrected chi connectivity index (χ1v) is 15.9. The smallest absolute Gasteiger partial charge is 0.128 e. The highest BCUT2D eigenvalue weighted by Gasteiger charge is 2.59. The van der Waals surface area contributed by atoms with E-state index in [1.165, 1.54) is 51.8 Å². The van der Waals surface area contributed by atoms with Gasteiger partial charge in [-0.3, -0.25) is 9.88 Å². The summed E-state index contributed by atoms with van der Waals surface area (Å²) in [5.74, 6) is 2.31. The molecule has 2 heterocycles. The Morgan fingerprint density at radius 1 is 0.977 bits per heavy atom. The Morgan fingerprint density at radius 3 is 2.66 bits per heavy atom. The molecule has 6 nitrogen and oxygen atoms in total. The number of aliphatic hydroxyl groups is 1. The van der Waals surface area contributed by atoms with Crippen molar-refractivity contribution in [1.82, 2.24) is 9.88 Å². The quantitative estimate of drug-likeness (QED) is 0.218. The van der Waals surface area contributed by atoms with Gasteiger partial charge in [-0.15, -0.1) is 0 Å². The van der Waals surface area contributed by atoms with Crippen LogP contribution in [0.15, 0.2) is 73.1 Å². The van der Waals surface area contributed by atoms with Crippen molar-refractivity contribution in [3.05, 3.63) is 112 Å². The lowest BCUT2D eigenvalue weighted by Crippen LogP contribution is -2.44. The number of benzene rings is 3. The van der Waals surface area contributed by atoms with Crippen molar-refractivity contribution in [2.45, 2.75) is 70.7 Å². The first kappa shape index (κ1) is 28.6. The zero-order chi connectivity index (χ0) is 30.1. The van der Waals surface area contributed by atoms with Gasteiger partial charge in [-0.25, -0.2) is 0 Å². The van der Waals surface area contributed by atoms with E-state index in [0.717, 1.165) is 55.8 Å². The van der Waals surface area contributed by atoms with Gasteiger partial charge >= 0.3 is 0 Å². The third kappa shape index (κ3) is 5.36. The lowest BCUT2D eigenvalue weighted by molar-refractivity contribution is 0.0640. The Morgan fingerprint density at radius 2 is 1.82 bits per heavy atom. The van der Waals surface area contributed by atoms with Gasteiger partial charge in [0.15, 0.2) is 0 Å². The Labute approximate surface area is 259 Å². The van der Waals surface area contributed by atoms with Crippen molar-refractivity contribution in [2.75, 3.05) is 13.2 Å². The van der Waals surface area contributed by atoms with Gasteiger partial charge in [0.2, 0.25) is 0 Å². The molecule has 3 aliphatic rings. The first-order chi connectivity index (χ1) is 21.6. The number of likely N-dealkylation sites (tertiary alicyclic amines) is 1. The molecule has 2 unspecified atom stereocenters. The topological polar surface area (TPSA) is 78.6 Å². The summed E-state index contributed by atoms with van der Waals surface area (Å²) < 4.78 is 13.2. The summed E-state index contributed by atoms with van der Waals surface area (Å²) in [6.45, 7) is 4.95. The molecule has 1 aliphatic heterocycles. The molecule has 2 atom stereocenters. The molecule has 4 aromatic rings. The van der Waals surface area contributed by atoms with Crippen LogP contribution < -0.4 is 9.47 Å². The summed E-state index contributed by atoms with van der Waals surface area (Å²) in [5.41, 5.74) is 9.98. The van der Waals surface area contributed by atoms with Crippen LogP contribution in [-0.2, 0) is 32.6 Å². The average Bonchev–Trinajstić information content (AvgIpc) is 3.62. The molecule has 44 heavy (non-hydrogen) atoms. The second-order valence-electron chi connectivity index (χ2n) is 12.6. The molecule has 2 aliphatic carbocycles. The first-order valence-electron chi connectivity index (χ1n) is 15.9. The number of fused-ring (bicyclic) bond motifs is 2. The zero-order valence-electron chi connectivity index (χ0n) is 25.4. The fraction of sp³-hybridized carbons (Fsp3) is 0.368. The van der Waals surface area contributed by atoms with E-state index in [2.05, 4.69) is 71.4 Å². The number of piperidine rings is 1. The molecule has 0 radical (unpaired) electrons. The van der Waals surface area contributed by atoms with Gasteiger partial charge in [-0.05, 0) is 97.4 Å². The number of nitrogens with zero attached hydrogens (tertiary/aromatic N) is 3. The SMILES string of the molecule is Cc1c(COc2cc(OCc3cncc(C#N)c3)c(CN3CCCC4CC43CO)c3c2CCC3)cccc1-c1ccccc1. The van der Waals surface area contributed by atoms with Crippen LogP contribution in [0, 0.1) is 24.2 Å². The molecule has 2 fully saturated rings. The minimum atomic E-state index is -0.0808. The molecule has 7 rings (SSSR count). The second kappa shape index (κ2) is 12.1. The maximum Gasteiger partial charge on any atom is 0.128 e. The van der Waals surface area contributed by atoms with Gasteiger partial charge in [-0.1, -0.05) is 48.5 Å². The van der Waals surface area contributed by atoms with Crippen molar-refractivity contribution in [1.29, 1.82) is 5.26 Å². The van der Waals surface area contributed by atoms with Crippen molar-refractivity contribution in [3.8, 4) is 28.7 Å². The molecular formula is C38H39N3O3. The van der Waals surface area contributed by atoms with Gasteiger partial charge in [0, 0.05) is 41.7 Å². The number of aliphatic hydroxyl groups excluding tert-OH is 1. The lowest BCUT2D eigenvalue weighted by Gasteiger charge is -2.36. The standard InChI is InChI=1S/C38H39N3O3/c1-26-30(10-5-12-32(26)29-8-3-2-4-9-29)24-44-36-17-37(43-23-28-16-27(19-39)20-40-21-28)35(33-13-6-14-34(33)36)22-41-15-7-11-31-18-38(31,41)25-42/h2-5,8-10,12,16-17,20-21,31,42H,6-7,11,13-15,18,22-25H2,1H3. The molecule has 1 saturated heterocycles. The fourth-order valence-corrected chi connectivity index (χ4v) is 7.53. The second-order valence-corrected chi connectivity index (χ2v) is 12.6. The van der Waals surface area contributed by atoms with Crippen molar-refractivity contribution in [2.24, 2.45) is 5.92 Å². The summed E-state index contributed by atoms with van der Waals surface area (Å²) in [6, 6.07) is 23.0. The molecule has 3 aromatic carbocycles. The van der Waals surface area contributed by atoms with E-state index in [0.29, 0.717) is 24.7 Å². The van der Waals surface area contributed by atoms with E-state index >= 15 is 0 Å². The highest BCUT2D eigenvalue weighted by Crippen LogP contribution is 2.55. The number of ether oxygens (including phenoxy) is 2. The van der Waals surface area contributed by atoms with Crippen LogP contribution in [0.5, 0.6) is 11.5 Å². The van der Waals surface area contributed by atoms with Crippen LogP contribution in [0.25, 0.3) is 11.1 Å². The molecule has 6 heteroatoms. The van der Waals surface area contributed by atoms with E-state index in [-0.39, 0.29) is 12.1 Å². The van der Waals surface area contributed by atoms with Crippen LogP contribution in [0.3, 0.4) is 0 Å². The molecule has 1 saturated carbocycles. The number of rotatable bonds is 10. The van der Waals surface area contributed by atoms with Crippen LogP contribution in [0.2, 0.25) is 0 Å². The molecule has 1 aromatic heterocycles. The van der Waals surface area contributed by atoms with Gasteiger partial charge in [0.1, 0.15) is 30.8 Å². The number of hydrogen-bond donors (Lipinski definition) is 1. The van der Waals surface area contributed by atoms with Crippen LogP contribution in [-0.4, -0.2) is 33.7 Å². The Bertz CT molecular complexity index is 1710. The molecule has 1 N–H and O–H groups in total. The van der Waals surface area contributed by atoms with E-state index in [1.807, 2.05) is 12.1 Å². The van der Waals surface area contributed by atoms with E-state index in [4.69, 9.17) is 9.47 Å².